The molecule has 5 aliphatic rings. The van der Waals surface area contributed by atoms with Gasteiger partial charge in [-0.05, 0) is 102 Å². The van der Waals surface area contributed by atoms with E-state index in [0.717, 1.165) is 31.6 Å². The van der Waals surface area contributed by atoms with Gasteiger partial charge in [-0.25, -0.2) is 0 Å². The normalized spacial score (nSPS) is 46.3. The van der Waals surface area contributed by atoms with Gasteiger partial charge < -0.3 is 4.52 Å². The maximum atomic E-state index is 14.7. The Morgan fingerprint density at radius 3 is 2.59 bits per heavy atom. The Hall–Kier alpha value is -2.17. The van der Waals surface area contributed by atoms with Crippen LogP contribution in [-0.2, 0) is 23.2 Å². The van der Waals surface area contributed by atoms with Crippen LogP contribution in [0.3, 0.4) is 0 Å². The lowest BCUT2D eigenvalue weighted by molar-refractivity contribution is -0.180. The van der Waals surface area contributed by atoms with Gasteiger partial charge in [0.2, 0.25) is 0 Å². The van der Waals surface area contributed by atoms with Gasteiger partial charge in [0.1, 0.15) is 5.76 Å². The Balaban J connectivity index is 1.37. The van der Waals surface area contributed by atoms with E-state index in [0.29, 0.717) is 29.5 Å². The lowest BCUT2D eigenvalue weighted by atomic mass is 9.33. The number of ketones is 1. The Morgan fingerprint density at radius 1 is 1.05 bits per heavy atom. The van der Waals surface area contributed by atoms with E-state index in [1.165, 1.54) is 36.8 Å². The van der Waals surface area contributed by atoms with E-state index in [4.69, 9.17) is 4.52 Å². The van der Waals surface area contributed by atoms with E-state index in [-0.39, 0.29) is 33.0 Å². The van der Waals surface area contributed by atoms with Gasteiger partial charge in [0.15, 0.2) is 5.78 Å². The maximum Gasteiger partial charge on any atom is 0.159 e. The minimum atomic E-state index is -0.0966. The fourth-order valence-corrected chi connectivity index (χ4v) is 11.7. The van der Waals surface area contributed by atoms with E-state index in [9.17, 15) is 4.79 Å². The summed E-state index contributed by atoms with van der Waals surface area (Å²) in [6.45, 7) is 18.0. The predicted octanol–water partition coefficient (Wildman–Crippen LogP) is 7.42. The summed E-state index contributed by atoms with van der Waals surface area (Å²) in [5, 5.41) is 8.88. The summed E-state index contributed by atoms with van der Waals surface area (Å²) in [6, 6.07) is 2.04. The number of allylic oxidation sites excluding steroid dienone is 2. The zero-order valence-corrected chi connectivity index (χ0v) is 25.1. The largest absolute Gasteiger partial charge is 0.361 e. The number of nitrogens with zero attached hydrogens (tertiary/aromatic N) is 3. The number of aromatic nitrogens is 3. The fraction of sp³-hybridized carbons (Fsp3) is 0.735. The Kier molecular flexibility index (Phi) is 5.27. The number of fused-ring (bicyclic) bond motifs is 8. The molecule has 5 nitrogen and oxygen atoms in total. The van der Waals surface area contributed by atoms with Crippen molar-refractivity contribution in [3.05, 3.63) is 47.6 Å². The lowest BCUT2D eigenvalue weighted by Gasteiger charge is -2.70. The van der Waals surface area contributed by atoms with Crippen molar-refractivity contribution in [1.29, 1.82) is 0 Å². The molecule has 7 rings (SSSR count). The minimum absolute atomic E-state index is 0.0137. The summed E-state index contributed by atoms with van der Waals surface area (Å²) < 4.78 is 8.00. The van der Waals surface area contributed by atoms with Gasteiger partial charge >= 0.3 is 0 Å². The second-order valence-corrected chi connectivity index (χ2v) is 15.7. The highest BCUT2D eigenvalue weighted by atomic mass is 16.5. The zero-order chi connectivity index (χ0) is 27.6. The molecule has 0 bridgehead atoms. The van der Waals surface area contributed by atoms with E-state index in [1.54, 1.807) is 0 Å². The van der Waals surface area contributed by atoms with Crippen LogP contribution in [-0.4, -0.2) is 20.7 Å². The summed E-state index contributed by atoms with van der Waals surface area (Å²) in [7, 11) is 0. The number of rotatable bonds is 2. The highest BCUT2D eigenvalue weighted by molar-refractivity contribution is 5.95. The van der Waals surface area contributed by atoms with Crippen molar-refractivity contribution < 1.29 is 9.32 Å². The molecule has 0 aliphatic heterocycles. The van der Waals surface area contributed by atoms with E-state index < -0.39 is 0 Å². The van der Waals surface area contributed by atoms with Crippen molar-refractivity contribution in [2.24, 2.45) is 51.2 Å². The third kappa shape index (κ3) is 3.11. The Bertz CT molecular complexity index is 1340. The van der Waals surface area contributed by atoms with Crippen LogP contribution < -0.4 is 0 Å². The first-order valence-corrected chi connectivity index (χ1v) is 15.6. The molecule has 0 amide bonds. The molecule has 3 fully saturated rings. The van der Waals surface area contributed by atoms with Crippen LogP contribution in [0.2, 0.25) is 0 Å². The second-order valence-electron chi connectivity index (χ2n) is 15.7. The second kappa shape index (κ2) is 7.97. The molecule has 0 saturated heterocycles. The van der Waals surface area contributed by atoms with E-state index in [2.05, 4.69) is 75.7 Å². The molecule has 0 N–H and O–H groups in total. The monoisotopic (exact) mass is 529 g/mol. The van der Waals surface area contributed by atoms with Crippen molar-refractivity contribution >= 4 is 5.78 Å². The van der Waals surface area contributed by atoms with Crippen LogP contribution in [0, 0.1) is 51.2 Å². The van der Waals surface area contributed by atoms with Crippen LogP contribution in [0.15, 0.2) is 40.8 Å². The van der Waals surface area contributed by atoms with Crippen LogP contribution in [0.1, 0.15) is 98.3 Å². The van der Waals surface area contributed by atoms with Crippen molar-refractivity contribution in [2.75, 3.05) is 0 Å². The zero-order valence-electron chi connectivity index (χ0n) is 25.1. The summed E-state index contributed by atoms with van der Waals surface area (Å²) in [5.74, 6) is 3.56. The summed E-state index contributed by atoms with van der Waals surface area (Å²) in [5.41, 5.74) is 2.63. The van der Waals surface area contributed by atoms with Crippen LogP contribution in [0.25, 0.3) is 0 Å². The Morgan fingerprint density at radius 2 is 1.85 bits per heavy atom. The molecule has 39 heavy (non-hydrogen) atoms. The molecular formula is C34H47N3O2. The smallest absolute Gasteiger partial charge is 0.159 e. The van der Waals surface area contributed by atoms with Gasteiger partial charge in [-0.15, -0.1) is 0 Å². The molecule has 0 radical (unpaired) electrons. The number of hydrogen-bond donors (Lipinski definition) is 0. The number of carbonyl (C=O) groups excluding carboxylic acids is 1. The topological polar surface area (TPSA) is 60.9 Å². The third-order valence-corrected chi connectivity index (χ3v) is 13.9. The first-order valence-electron chi connectivity index (χ1n) is 15.6. The number of hydrogen-bond acceptors (Lipinski definition) is 4. The van der Waals surface area contributed by atoms with E-state index >= 15 is 0 Å². The number of carbonyl (C=O) groups is 1. The first kappa shape index (κ1) is 25.8. The van der Waals surface area contributed by atoms with E-state index in [1.807, 2.05) is 18.5 Å². The summed E-state index contributed by atoms with van der Waals surface area (Å²) >= 11 is 0. The quantitative estimate of drug-likeness (QED) is 0.406. The van der Waals surface area contributed by atoms with Crippen molar-refractivity contribution in [3.8, 4) is 0 Å². The molecule has 2 aromatic rings. The predicted molar refractivity (Wildman–Crippen MR) is 152 cm³/mol. The molecule has 9 atom stereocenters. The molecular weight excluding hydrogens is 482 g/mol. The van der Waals surface area contributed by atoms with Gasteiger partial charge in [-0.3, -0.25) is 9.48 Å². The molecule has 5 heteroatoms. The van der Waals surface area contributed by atoms with Crippen molar-refractivity contribution in [2.45, 2.75) is 105 Å². The molecule has 3 saturated carbocycles. The molecule has 2 heterocycles. The molecule has 210 valence electrons. The van der Waals surface area contributed by atoms with Crippen molar-refractivity contribution in [1.82, 2.24) is 14.9 Å². The molecule has 2 aromatic heterocycles. The average molecular weight is 530 g/mol. The summed E-state index contributed by atoms with van der Waals surface area (Å²) in [6.07, 6.45) is 16.2. The van der Waals surface area contributed by atoms with Gasteiger partial charge in [0.25, 0.3) is 0 Å². The highest BCUT2D eigenvalue weighted by Crippen LogP contribution is 2.74. The highest BCUT2D eigenvalue weighted by Gasteiger charge is 2.70. The Labute approximate surface area is 234 Å². The third-order valence-electron chi connectivity index (χ3n) is 13.9. The van der Waals surface area contributed by atoms with Gasteiger partial charge in [-0.2, -0.15) is 5.10 Å². The SMILES string of the molecule is C[C@@H]1[C@H]2[C@H]3C(=O)C=C4[C@@]5(C)Cc6cnoc6C(C)(C)[C@@H]5CC[C@@]4(C)[C@]3(C)CC[C@@]2(Cn2cccn2)CC[C@H]1C. The standard InChI is InChI=1S/C34H47N3O2/c1-21-9-12-34(20-37-16-8-15-35-37)14-13-33(7)28(27(34)22(21)2)24(38)17-26-31(5)18-23-19-36-39-29(23)30(3,4)25(31)10-11-32(26,33)6/h8,15-17,19,21-22,25,27-28H,9-14,18,20H2,1-7H3/t21-,22+,25+,27+,28-,31+,32-,33-,34-/m1/s1. The van der Waals surface area contributed by atoms with Crippen LogP contribution in [0.5, 0.6) is 0 Å². The minimum Gasteiger partial charge on any atom is -0.361 e. The first-order chi connectivity index (χ1) is 18.4. The molecule has 0 spiro atoms. The maximum absolute atomic E-state index is 14.7. The molecule has 5 aliphatic carbocycles. The van der Waals surface area contributed by atoms with Crippen LogP contribution >= 0.6 is 0 Å². The lowest BCUT2D eigenvalue weighted by Crippen LogP contribution is -2.66. The fourth-order valence-electron chi connectivity index (χ4n) is 11.7. The van der Waals surface area contributed by atoms with Crippen LogP contribution in [0.4, 0.5) is 0 Å². The summed E-state index contributed by atoms with van der Waals surface area (Å²) in [4.78, 5) is 14.7. The van der Waals surface area contributed by atoms with Crippen molar-refractivity contribution in [3.63, 3.8) is 0 Å². The van der Waals surface area contributed by atoms with Gasteiger partial charge in [-0.1, -0.05) is 59.2 Å². The average Bonchev–Trinajstić information content (AvgIpc) is 3.56. The molecule has 0 aromatic carbocycles. The molecule has 0 unspecified atom stereocenters. The van der Waals surface area contributed by atoms with Gasteiger partial charge in [0.05, 0.1) is 6.20 Å². The van der Waals surface area contributed by atoms with Gasteiger partial charge in [0, 0.05) is 35.8 Å².